The molecule has 1 atom stereocenters. The second-order valence-corrected chi connectivity index (χ2v) is 26.9. The third-order valence-corrected chi connectivity index (χ3v) is 21.6. The number of allylic oxidation sites excluding steroid dienone is 8. The molecule has 0 bridgehead atoms. The average molecular weight is 839 g/mol. The molecular weight excluding hydrogens is 775 g/mol. The fraction of sp³-hybridized carbons (Fsp3) is 0.471. The first kappa shape index (κ1) is 43.1. The van der Waals surface area contributed by atoms with Crippen LogP contribution in [0.25, 0.3) is 22.3 Å². The van der Waals surface area contributed by atoms with E-state index in [2.05, 4.69) is 183 Å². The standard InChI is InChI=1S/C31H37.C11H17.C9H10.2ClH.Zr/c1-28(2,3)26-16-30(7,8)24-12-18-11-19-13-25-23(15-21(19)20(18)14-22(24)26)27(29(4,5)6)17-31(25,9)10;1-5-9-6-7-10(8-9)11(2,3)4;1-2-6-9-7-4-3-5-8-9;;;/h11-17H,1-10H3;7-9H,5H2,1-4H3;3-5,7-8H,2H2,1H3;2*1H;/q;;;;;+2/p-2. The number of hydrogen-bond donors (Lipinski definition) is 0. The maximum absolute atomic E-state index is 2.78. The first-order chi connectivity index (χ1) is 24.1. The van der Waals surface area contributed by atoms with E-state index < -0.39 is 21.3 Å². The number of rotatable bonds is 5. The monoisotopic (exact) mass is 836 g/mol. The molecule has 0 saturated carbocycles. The molecule has 0 radical (unpaired) electrons. The van der Waals surface area contributed by atoms with Crippen LogP contribution >= 0.6 is 0 Å². The average Bonchev–Trinajstić information content (AvgIpc) is 3.77. The van der Waals surface area contributed by atoms with Gasteiger partial charge in [0.25, 0.3) is 0 Å². The molecule has 0 fully saturated rings. The molecule has 0 aromatic heterocycles. The van der Waals surface area contributed by atoms with Crippen molar-refractivity contribution in [3.8, 4) is 11.1 Å². The summed E-state index contributed by atoms with van der Waals surface area (Å²) >= 11 is -2.78. The molecule has 3 aromatic rings. The van der Waals surface area contributed by atoms with E-state index >= 15 is 0 Å². The zero-order valence-electron chi connectivity index (χ0n) is 35.8. The van der Waals surface area contributed by atoms with Crippen molar-refractivity contribution in [2.24, 2.45) is 22.2 Å². The van der Waals surface area contributed by atoms with Crippen LogP contribution in [0.3, 0.4) is 0 Å². The smallest absolute Gasteiger partial charge is 1.00 e. The third kappa shape index (κ3) is 7.09. The van der Waals surface area contributed by atoms with Gasteiger partial charge in [-0.1, -0.05) is 0 Å². The van der Waals surface area contributed by atoms with Crippen LogP contribution in [0.2, 0.25) is 0 Å². The summed E-state index contributed by atoms with van der Waals surface area (Å²) < 4.78 is 4.00. The van der Waals surface area contributed by atoms with Gasteiger partial charge in [0, 0.05) is 0 Å². The van der Waals surface area contributed by atoms with Gasteiger partial charge in [-0.2, -0.15) is 0 Å². The van der Waals surface area contributed by atoms with Crippen molar-refractivity contribution in [2.45, 2.75) is 131 Å². The molecule has 0 saturated heterocycles. The van der Waals surface area contributed by atoms with Crippen LogP contribution in [0.15, 0.2) is 87.8 Å². The molecule has 3 aromatic carbocycles. The molecule has 0 aliphatic heterocycles. The Balaban J connectivity index is 0.00000280. The molecule has 0 nitrogen and oxygen atoms in total. The van der Waals surface area contributed by atoms with E-state index in [0.29, 0.717) is 9.54 Å². The van der Waals surface area contributed by atoms with Crippen molar-refractivity contribution < 1.29 is 46.1 Å². The molecule has 4 aliphatic carbocycles. The van der Waals surface area contributed by atoms with Gasteiger partial charge in [0.1, 0.15) is 0 Å². The third-order valence-electron chi connectivity index (χ3n) is 12.7. The summed E-state index contributed by atoms with van der Waals surface area (Å²) in [5.41, 5.74) is 18.6. The number of hydrogen-bond acceptors (Lipinski definition) is 0. The summed E-state index contributed by atoms with van der Waals surface area (Å²) in [6.45, 7) is 36.3. The van der Waals surface area contributed by atoms with Crippen molar-refractivity contribution in [1.82, 2.24) is 0 Å². The molecule has 3 heteroatoms. The Morgan fingerprint density at radius 1 is 0.630 bits per heavy atom. The second kappa shape index (κ2) is 14.4. The van der Waals surface area contributed by atoms with E-state index in [4.69, 9.17) is 0 Å². The van der Waals surface area contributed by atoms with E-state index in [1.807, 2.05) is 0 Å². The number of fused-ring (bicyclic) bond motifs is 5. The Labute approximate surface area is 349 Å². The Morgan fingerprint density at radius 3 is 1.48 bits per heavy atom. The summed E-state index contributed by atoms with van der Waals surface area (Å²) in [5.74, 6) is 0.515. The van der Waals surface area contributed by atoms with E-state index in [9.17, 15) is 0 Å². The number of halogens is 2. The van der Waals surface area contributed by atoms with Gasteiger partial charge in [-0.15, -0.1) is 0 Å². The summed E-state index contributed by atoms with van der Waals surface area (Å²) in [6.07, 6.45) is 12.9. The minimum Gasteiger partial charge on any atom is -1.00 e. The molecule has 0 heterocycles. The van der Waals surface area contributed by atoms with Crippen LogP contribution in [0.1, 0.15) is 159 Å². The van der Waals surface area contributed by atoms with Crippen LogP contribution in [-0.4, -0.2) is 3.21 Å². The van der Waals surface area contributed by atoms with E-state index in [1.54, 1.807) is 17.6 Å². The zero-order valence-corrected chi connectivity index (χ0v) is 39.8. The van der Waals surface area contributed by atoms with Gasteiger partial charge in [-0.25, -0.2) is 0 Å². The summed E-state index contributed by atoms with van der Waals surface area (Å²) in [4.78, 5) is 0. The van der Waals surface area contributed by atoms with Crippen LogP contribution in [0.4, 0.5) is 0 Å². The second-order valence-electron chi connectivity index (χ2n) is 20.6. The molecule has 0 N–H and O–H groups in total. The van der Waals surface area contributed by atoms with E-state index in [-0.39, 0.29) is 51.9 Å². The quantitative estimate of drug-likeness (QED) is 0.243. The van der Waals surface area contributed by atoms with Crippen LogP contribution in [0, 0.1) is 22.2 Å². The summed E-state index contributed by atoms with van der Waals surface area (Å²) in [5, 5.41) is 0. The van der Waals surface area contributed by atoms with Gasteiger partial charge >= 0.3 is 327 Å². The van der Waals surface area contributed by atoms with Crippen LogP contribution < -0.4 is 24.8 Å². The first-order valence-electron chi connectivity index (χ1n) is 20.2. The predicted octanol–water partition coefficient (Wildman–Crippen LogP) is 8.35. The van der Waals surface area contributed by atoms with Gasteiger partial charge < -0.3 is 24.8 Å². The molecule has 4 aliphatic rings. The van der Waals surface area contributed by atoms with Gasteiger partial charge in [0.15, 0.2) is 0 Å². The predicted molar refractivity (Wildman–Crippen MR) is 225 cm³/mol. The van der Waals surface area contributed by atoms with Gasteiger partial charge in [0.05, 0.1) is 0 Å². The Bertz CT molecular complexity index is 2050. The zero-order chi connectivity index (χ0) is 37.9. The minimum absolute atomic E-state index is 0. The van der Waals surface area contributed by atoms with Crippen LogP contribution in [0.5, 0.6) is 0 Å². The van der Waals surface area contributed by atoms with Gasteiger partial charge in [-0.05, 0) is 0 Å². The molecule has 1 unspecified atom stereocenters. The summed E-state index contributed by atoms with van der Waals surface area (Å²) in [6, 6.07) is 22.4. The van der Waals surface area contributed by atoms with Crippen molar-refractivity contribution in [3.63, 3.8) is 0 Å². The maximum Gasteiger partial charge on any atom is -1.00 e. The normalized spacial score (nSPS) is 19.7. The Kier molecular flexibility index (Phi) is 11.5. The van der Waals surface area contributed by atoms with E-state index in [1.165, 1.54) is 62.1 Å². The SMILES string of the molecule is CC/[C](c1ccccc1)=[Zr+2](/[C]1=CC(C(C)(C)C)=CC1CC)[CH]1c2cc3c(cc2-c2cc4c(cc21)C(C)(C)C=C4C(C)(C)C)C(C(C)(C)C)=CC3(C)C.[Cl-].[Cl-]. The molecule has 7 rings (SSSR count). The van der Waals surface area contributed by atoms with Crippen molar-refractivity contribution in [3.05, 3.63) is 127 Å². The molecule has 0 spiro atoms. The van der Waals surface area contributed by atoms with Gasteiger partial charge in [0.2, 0.25) is 0 Å². The largest absolute Gasteiger partial charge is 1.00 e. The fourth-order valence-corrected chi connectivity index (χ4v) is 19.7. The fourth-order valence-electron chi connectivity index (χ4n) is 9.86. The number of benzene rings is 3. The Morgan fingerprint density at radius 2 is 1.09 bits per heavy atom. The van der Waals surface area contributed by atoms with Crippen LogP contribution in [-0.2, 0) is 32.1 Å². The minimum atomic E-state index is -2.78. The van der Waals surface area contributed by atoms with E-state index in [0.717, 1.165) is 6.42 Å². The summed E-state index contributed by atoms with van der Waals surface area (Å²) in [7, 11) is 0. The first-order valence-corrected chi connectivity index (χ1v) is 24.0. The maximum atomic E-state index is 2.73. The van der Waals surface area contributed by atoms with Crippen molar-refractivity contribution in [2.75, 3.05) is 0 Å². The molecule has 54 heavy (non-hydrogen) atoms. The Hall–Kier alpha value is -2.05. The van der Waals surface area contributed by atoms with Gasteiger partial charge in [-0.3, -0.25) is 0 Å². The molecule has 286 valence electrons. The molecular formula is C51H64Cl2Zr. The topological polar surface area (TPSA) is 0 Å². The van der Waals surface area contributed by atoms with Crippen molar-refractivity contribution >= 4 is 14.4 Å². The van der Waals surface area contributed by atoms with Crippen molar-refractivity contribution in [1.29, 1.82) is 0 Å². The molecule has 0 amide bonds.